The summed E-state index contributed by atoms with van der Waals surface area (Å²) in [6, 6.07) is 1.44. The number of aliphatic hydroxyl groups excluding tert-OH is 1. The second-order valence-corrected chi connectivity index (χ2v) is 6.49. The van der Waals surface area contributed by atoms with Gasteiger partial charge in [0.05, 0.1) is 7.11 Å². The number of nitrogens with zero attached hydrogens (tertiary/aromatic N) is 2. The fourth-order valence-corrected chi connectivity index (χ4v) is 3.15. The van der Waals surface area contributed by atoms with Crippen molar-refractivity contribution in [3.05, 3.63) is 16.7 Å². The predicted molar refractivity (Wildman–Crippen MR) is 70.0 cm³/mol. The number of ether oxygens (including phenoxy) is 1. The Hall–Kier alpha value is -0.700. The number of methoxy groups -OCH3 is 1. The van der Waals surface area contributed by atoms with E-state index in [1.807, 2.05) is 0 Å². The first-order valence-electron chi connectivity index (χ1n) is 5.20. The topological polar surface area (TPSA) is 79.7 Å². The molecule has 0 aliphatic rings. The van der Waals surface area contributed by atoms with Gasteiger partial charge in [-0.3, -0.25) is 0 Å². The van der Waals surface area contributed by atoms with Crippen LogP contribution in [0.2, 0.25) is 0 Å². The Labute approximate surface area is 115 Å². The van der Waals surface area contributed by atoms with Crippen LogP contribution in [-0.2, 0) is 10.0 Å². The van der Waals surface area contributed by atoms with E-state index in [-0.39, 0.29) is 23.9 Å². The van der Waals surface area contributed by atoms with Crippen molar-refractivity contribution in [3.8, 4) is 5.88 Å². The van der Waals surface area contributed by atoms with E-state index in [0.717, 1.165) is 4.31 Å². The maximum absolute atomic E-state index is 12.3. The zero-order valence-corrected chi connectivity index (χ0v) is 12.5. The number of hydrogen-bond donors (Lipinski definition) is 1. The maximum Gasteiger partial charge on any atom is 0.248 e. The summed E-state index contributed by atoms with van der Waals surface area (Å²) < 4.78 is 31.2. The third-order valence-corrected chi connectivity index (χ3v) is 4.58. The Morgan fingerprint density at radius 2 is 2.22 bits per heavy atom. The van der Waals surface area contributed by atoms with Gasteiger partial charge in [0.1, 0.15) is 4.90 Å². The van der Waals surface area contributed by atoms with Crippen LogP contribution in [0.1, 0.15) is 6.42 Å². The highest BCUT2D eigenvalue weighted by Crippen LogP contribution is 2.26. The van der Waals surface area contributed by atoms with Gasteiger partial charge >= 0.3 is 0 Å². The molecule has 0 radical (unpaired) electrons. The van der Waals surface area contributed by atoms with Crippen LogP contribution in [0.25, 0.3) is 0 Å². The minimum atomic E-state index is -3.67. The highest BCUT2D eigenvalue weighted by atomic mass is 79.9. The van der Waals surface area contributed by atoms with Gasteiger partial charge in [0.2, 0.25) is 15.9 Å². The molecule has 0 saturated heterocycles. The quantitative estimate of drug-likeness (QED) is 0.831. The average Bonchev–Trinajstić information content (AvgIpc) is 2.35. The summed E-state index contributed by atoms with van der Waals surface area (Å²) in [5.74, 6) is 0.0500. The third kappa shape index (κ3) is 3.41. The van der Waals surface area contributed by atoms with E-state index in [4.69, 9.17) is 9.84 Å². The van der Waals surface area contributed by atoms with E-state index in [1.165, 1.54) is 26.4 Å². The smallest absolute Gasteiger partial charge is 0.248 e. The maximum atomic E-state index is 12.3. The van der Waals surface area contributed by atoms with E-state index < -0.39 is 10.0 Å². The van der Waals surface area contributed by atoms with Crippen LogP contribution in [-0.4, -0.2) is 50.1 Å². The molecule has 8 heteroatoms. The van der Waals surface area contributed by atoms with Crippen molar-refractivity contribution < 1.29 is 18.3 Å². The molecule has 0 atom stereocenters. The highest BCUT2D eigenvalue weighted by molar-refractivity contribution is 9.10. The molecule has 0 unspecified atom stereocenters. The Morgan fingerprint density at radius 3 is 2.78 bits per heavy atom. The predicted octanol–water partition coefficient (Wildman–Crippen LogP) is 0.856. The van der Waals surface area contributed by atoms with E-state index >= 15 is 0 Å². The lowest BCUT2D eigenvalue weighted by atomic mass is 10.5. The van der Waals surface area contributed by atoms with Gasteiger partial charge < -0.3 is 9.84 Å². The van der Waals surface area contributed by atoms with Gasteiger partial charge in [0.25, 0.3) is 0 Å². The minimum Gasteiger partial charge on any atom is -0.480 e. The number of rotatable bonds is 6. The van der Waals surface area contributed by atoms with Crippen LogP contribution < -0.4 is 4.74 Å². The van der Waals surface area contributed by atoms with Gasteiger partial charge in [-0.1, -0.05) is 0 Å². The third-order valence-electron chi connectivity index (χ3n) is 2.30. The molecular weight excluding hydrogens is 324 g/mol. The molecule has 1 aromatic heterocycles. The van der Waals surface area contributed by atoms with E-state index in [9.17, 15) is 8.42 Å². The largest absolute Gasteiger partial charge is 0.480 e. The lowest BCUT2D eigenvalue weighted by molar-refractivity contribution is 0.275. The van der Waals surface area contributed by atoms with Crippen molar-refractivity contribution in [2.45, 2.75) is 11.3 Å². The van der Waals surface area contributed by atoms with Crippen LogP contribution in [0.5, 0.6) is 5.88 Å². The number of halogens is 1. The first kappa shape index (κ1) is 15.4. The minimum absolute atomic E-state index is 0.000171. The number of sulfonamides is 1. The summed E-state index contributed by atoms with van der Waals surface area (Å²) >= 11 is 3.18. The Kier molecular flexibility index (Phi) is 5.51. The number of hydrogen-bond acceptors (Lipinski definition) is 5. The van der Waals surface area contributed by atoms with Gasteiger partial charge in [-0.15, -0.1) is 0 Å². The normalized spacial score (nSPS) is 11.8. The standard InChI is InChI=1S/C10H15BrN2O4S/c1-13(4-3-5-14)18(15,16)9-6-8(11)7-12-10(9)17-2/h6-7,14H,3-5H2,1-2H3. The zero-order chi connectivity index (χ0) is 13.8. The van der Waals surface area contributed by atoms with Crippen molar-refractivity contribution in [1.29, 1.82) is 0 Å². The lowest BCUT2D eigenvalue weighted by Crippen LogP contribution is -2.29. The number of aromatic nitrogens is 1. The SMILES string of the molecule is COc1ncc(Br)cc1S(=O)(=O)N(C)CCCO. The summed E-state index contributed by atoms with van der Waals surface area (Å²) in [7, 11) is -0.858. The molecule has 1 N–H and O–H groups in total. The summed E-state index contributed by atoms with van der Waals surface area (Å²) in [5.41, 5.74) is 0. The van der Waals surface area contributed by atoms with Gasteiger partial charge in [-0.05, 0) is 28.4 Å². The first-order valence-corrected chi connectivity index (χ1v) is 7.43. The van der Waals surface area contributed by atoms with E-state index in [2.05, 4.69) is 20.9 Å². The second kappa shape index (κ2) is 6.46. The zero-order valence-electron chi connectivity index (χ0n) is 10.1. The van der Waals surface area contributed by atoms with Crippen LogP contribution in [0.4, 0.5) is 0 Å². The summed E-state index contributed by atoms with van der Waals surface area (Å²) in [4.78, 5) is 3.90. The molecule has 0 aliphatic heterocycles. The Morgan fingerprint density at radius 1 is 1.56 bits per heavy atom. The highest BCUT2D eigenvalue weighted by Gasteiger charge is 2.25. The van der Waals surface area contributed by atoms with Gasteiger partial charge in [0.15, 0.2) is 0 Å². The van der Waals surface area contributed by atoms with Gasteiger partial charge in [-0.25, -0.2) is 17.7 Å². The van der Waals surface area contributed by atoms with E-state index in [1.54, 1.807) is 0 Å². The van der Waals surface area contributed by atoms with Crippen molar-refractivity contribution in [2.75, 3.05) is 27.3 Å². The summed E-state index contributed by atoms with van der Waals surface area (Å²) in [6.45, 7) is 0.169. The Bertz CT molecular complexity index is 507. The van der Waals surface area contributed by atoms with Crippen molar-refractivity contribution >= 4 is 26.0 Å². The van der Waals surface area contributed by atoms with Crippen molar-refractivity contribution in [1.82, 2.24) is 9.29 Å². The van der Waals surface area contributed by atoms with Crippen LogP contribution in [0, 0.1) is 0 Å². The average molecular weight is 339 g/mol. The van der Waals surface area contributed by atoms with Gasteiger partial charge in [-0.2, -0.15) is 0 Å². The molecule has 0 spiro atoms. The molecule has 0 fully saturated rings. The number of pyridine rings is 1. The van der Waals surface area contributed by atoms with Crippen LogP contribution in [0.3, 0.4) is 0 Å². The summed E-state index contributed by atoms with van der Waals surface area (Å²) in [6.07, 6.45) is 1.84. The second-order valence-electron chi connectivity index (χ2n) is 3.56. The fraction of sp³-hybridized carbons (Fsp3) is 0.500. The molecule has 0 amide bonds. The monoisotopic (exact) mass is 338 g/mol. The molecular formula is C10H15BrN2O4S. The first-order chi connectivity index (χ1) is 8.43. The molecule has 1 heterocycles. The fourth-order valence-electron chi connectivity index (χ4n) is 1.33. The lowest BCUT2D eigenvalue weighted by Gasteiger charge is -2.17. The molecule has 0 aromatic carbocycles. The molecule has 0 saturated carbocycles. The van der Waals surface area contributed by atoms with Gasteiger partial charge in [0, 0.05) is 30.9 Å². The molecule has 0 aliphatic carbocycles. The Balaban J connectivity index is 3.14. The van der Waals surface area contributed by atoms with E-state index in [0.29, 0.717) is 10.9 Å². The van der Waals surface area contributed by atoms with Crippen LogP contribution >= 0.6 is 15.9 Å². The van der Waals surface area contributed by atoms with Crippen molar-refractivity contribution in [2.24, 2.45) is 0 Å². The molecule has 102 valence electrons. The molecule has 0 bridgehead atoms. The molecule has 18 heavy (non-hydrogen) atoms. The molecule has 1 rings (SSSR count). The molecule has 1 aromatic rings. The summed E-state index contributed by atoms with van der Waals surface area (Å²) in [5, 5.41) is 8.73. The van der Waals surface area contributed by atoms with Crippen molar-refractivity contribution in [3.63, 3.8) is 0 Å². The number of aliphatic hydroxyl groups is 1. The molecule has 6 nitrogen and oxygen atoms in total. The van der Waals surface area contributed by atoms with Crippen LogP contribution in [0.15, 0.2) is 21.6 Å².